The van der Waals surface area contributed by atoms with Crippen LogP contribution in [0.5, 0.6) is 0 Å². The standard InChI is InChI=1S/C27H30N.C22H24N.C20H16N.C20H24N.C5H8O2.3Ir/c1-18-15-24(28-17-21(18)19-11-9-8-10-12-19)20-13-14-22-23(16-20)26(4,5)27(6,7)25(22,2)3;1-20(2)17-12-11-16-15(18(17)21(3,4)22(20,5)6)10-9-14-8-7-13-23-19(14)16;1-2-6-13(7-3-1)20-19-15-11-10-14(12-15)18(19)16-8-4-5-9-17(16)21-20;1-18(2)15-11-10-14(17-9-7-8-12-21-17)13-16(15)19(3,4)20(18,5)6;1-4(6)3-5(2)7;;;/h8-12,14-17H,1-7H3;7-10,12-13H,1-6H3;1-6,8-9,14-15H,10-12H2;7-9,11-13H,1-6H3;3,6H,1-2H3;;;/q4*-1;;;;. The van der Waals surface area contributed by atoms with Gasteiger partial charge in [0.1, 0.15) is 0 Å². The van der Waals surface area contributed by atoms with Gasteiger partial charge in [-0.15, -0.1) is 140 Å². The summed E-state index contributed by atoms with van der Waals surface area (Å²) in [4.78, 5) is 28.9. The molecule has 1 fully saturated rings. The molecule has 2 unspecified atom stereocenters. The number of aliphatic hydroxyl groups excluding tert-OH is 1. The fraction of sp³-hybridized carbons (Fsp3) is 0.372. The van der Waals surface area contributed by atoms with Crippen molar-refractivity contribution in [1.29, 1.82) is 0 Å². The van der Waals surface area contributed by atoms with Crippen LogP contribution in [0.4, 0.5) is 0 Å². The second-order valence-electron chi connectivity index (χ2n) is 33.8. The van der Waals surface area contributed by atoms with Crippen LogP contribution in [0, 0.1) is 47.4 Å². The third-order valence-corrected chi connectivity index (χ3v) is 27.0. The van der Waals surface area contributed by atoms with Crippen LogP contribution < -0.4 is 0 Å². The molecule has 4 aromatic heterocycles. The van der Waals surface area contributed by atoms with Gasteiger partial charge in [0, 0.05) is 95.9 Å². The first kappa shape index (κ1) is 80.2. The van der Waals surface area contributed by atoms with Crippen LogP contribution in [0.25, 0.3) is 77.5 Å². The van der Waals surface area contributed by atoms with Gasteiger partial charge < -0.3 is 20.1 Å². The summed E-state index contributed by atoms with van der Waals surface area (Å²) in [5, 5.41) is 13.4. The predicted octanol–water partition coefficient (Wildman–Crippen LogP) is 24.1. The maximum absolute atomic E-state index is 10.0. The number of aliphatic hydroxyl groups is 1. The van der Waals surface area contributed by atoms with Crippen LogP contribution in [0.3, 0.4) is 0 Å². The number of ketones is 1. The minimum Gasteiger partial charge on any atom is -0.512 e. The first-order chi connectivity index (χ1) is 47.0. The number of nitrogens with zero attached hydrogens (tertiary/aromatic N) is 4. The topological polar surface area (TPSA) is 88.9 Å². The zero-order valence-corrected chi connectivity index (χ0v) is 71.4. The zero-order valence-electron chi connectivity index (χ0n) is 64.2. The van der Waals surface area contributed by atoms with E-state index in [0.717, 1.165) is 50.4 Å². The van der Waals surface area contributed by atoms with Crippen LogP contribution in [0.1, 0.15) is 220 Å². The number of aromatic nitrogens is 4. The van der Waals surface area contributed by atoms with E-state index in [2.05, 4.69) is 287 Å². The molecule has 0 aliphatic heterocycles. The summed E-state index contributed by atoms with van der Waals surface area (Å²) in [5.41, 5.74) is 25.3. The molecule has 4 heterocycles. The first-order valence-electron chi connectivity index (χ1n) is 36.1. The Morgan fingerprint density at radius 2 is 1.02 bits per heavy atom. The molecule has 11 aromatic rings. The van der Waals surface area contributed by atoms with Gasteiger partial charge in [-0.05, 0) is 163 Å². The third kappa shape index (κ3) is 13.5. The quantitative estimate of drug-likeness (QED) is 0.0799. The normalized spacial score (nSPS) is 19.4. The Hall–Kier alpha value is -6.92. The number of hydrogen-bond acceptors (Lipinski definition) is 6. The van der Waals surface area contributed by atoms with Crippen molar-refractivity contribution in [3.8, 4) is 44.9 Å². The van der Waals surface area contributed by atoms with Gasteiger partial charge in [-0.1, -0.05) is 215 Å². The summed E-state index contributed by atoms with van der Waals surface area (Å²) in [6.07, 6.45) is 10.9. The molecule has 1 N–H and O–H groups in total. The van der Waals surface area contributed by atoms with Crippen LogP contribution in [0.2, 0.25) is 0 Å². The monoisotopic (exact) mass is 1900 g/mol. The molecule has 0 spiro atoms. The van der Waals surface area contributed by atoms with Gasteiger partial charge in [-0.3, -0.25) is 9.78 Å². The van der Waals surface area contributed by atoms with Crippen molar-refractivity contribution in [2.24, 2.45) is 16.2 Å². The molecule has 541 valence electrons. The van der Waals surface area contributed by atoms with Crippen molar-refractivity contribution in [3.05, 3.63) is 262 Å². The van der Waals surface area contributed by atoms with Gasteiger partial charge in [0.2, 0.25) is 0 Å². The maximum atomic E-state index is 10.0. The number of carbonyl (C=O) groups is 1. The van der Waals surface area contributed by atoms with Crippen LogP contribution in [0.15, 0.2) is 188 Å². The number of para-hydroxylation sites is 1. The number of allylic oxidation sites excluding steroid dienone is 2. The Kier molecular flexibility index (Phi) is 22.9. The van der Waals surface area contributed by atoms with E-state index in [9.17, 15) is 4.79 Å². The number of fused-ring (bicyclic) bond motifs is 14. The van der Waals surface area contributed by atoms with Crippen molar-refractivity contribution < 1.29 is 70.2 Å². The summed E-state index contributed by atoms with van der Waals surface area (Å²) in [6.45, 7) is 47.8. The number of carbonyl (C=O) groups excluding carboxylic acids is 1. The Balaban J connectivity index is 0.000000154. The van der Waals surface area contributed by atoms with E-state index in [-0.39, 0.29) is 121 Å². The smallest absolute Gasteiger partial charge is 0.155 e. The Morgan fingerprint density at radius 3 is 1.58 bits per heavy atom. The number of benzene rings is 7. The molecule has 103 heavy (non-hydrogen) atoms. The van der Waals surface area contributed by atoms with Crippen molar-refractivity contribution in [3.63, 3.8) is 0 Å². The molecule has 1 saturated carbocycles. The fourth-order valence-corrected chi connectivity index (χ4v) is 17.5. The van der Waals surface area contributed by atoms with E-state index in [4.69, 9.17) is 15.1 Å². The molecule has 5 aliphatic carbocycles. The Morgan fingerprint density at radius 1 is 0.485 bits per heavy atom. The maximum Gasteiger partial charge on any atom is 0.155 e. The fourth-order valence-electron chi connectivity index (χ4n) is 17.5. The molecule has 3 radical (unpaired) electrons. The van der Waals surface area contributed by atoms with Crippen molar-refractivity contribution in [2.75, 3.05) is 0 Å². The molecule has 2 bridgehead atoms. The average Bonchev–Trinajstić information content (AvgIpc) is 1.53. The summed E-state index contributed by atoms with van der Waals surface area (Å²) in [6, 6.07) is 69.4. The van der Waals surface area contributed by atoms with E-state index in [1.165, 1.54) is 117 Å². The van der Waals surface area contributed by atoms with Crippen molar-refractivity contribution in [2.45, 2.75) is 209 Å². The predicted molar refractivity (Wildman–Crippen MR) is 417 cm³/mol. The van der Waals surface area contributed by atoms with Crippen LogP contribution >= 0.6 is 0 Å². The zero-order chi connectivity index (χ0) is 72.1. The van der Waals surface area contributed by atoms with E-state index in [1.54, 1.807) is 5.56 Å². The van der Waals surface area contributed by atoms with Gasteiger partial charge in [-0.25, -0.2) is 0 Å². The van der Waals surface area contributed by atoms with Crippen molar-refractivity contribution in [1.82, 2.24) is 19.9 Å². The van der Waals surface area contributed by atoms with Gasteiger partial charge >= 0.3 is 0 Å². The third-order valence-electron chi connectivity index (χ3n) is 27.0. The molecule has 7 aromatic carbocycles. The molecule has 0 amide bonds. The largest absolute Gasteiger partial charge is 0.512 e. The van der Waals surface area contributed by atoms with E-state index in [0.29, 0.717) is 5.92 Å². The number of pyridine rings is 4. The second kappa shape index (κ2) is 29.4. The van der Waals surface area contributed by atoms with E-state index >= 15 is 0 Å². The summed E-state index contributed by atoms with van der Waals surface area (Å²) >= 11 is 0. The average molecular weight is 1900 g/mol. The molecule has 16 rings (SSSR count). The van der Waals surface area contributed by atoms with Gasteiger partial charge in [-0.2, -0.15) is 0 Å². The summed E-state index contributed by atoms with van der Waals surface area (Å²) in [7, 11) is 0. The van der Waals surface area contributed by atoms with Gasteiger partial charge in [0.05, 0.1) is 11.3 Å². The van der Waals surface area contributed by atoms with E-state index < -0.39 is 0 Å². The molecule has 5 aliphatic rings. The van der Waals surface area contributed by atoms with Crippen LogP contribution in [-0.2, 0) is 97.6 Å². The molecule has 0 saturated heterocycles. The minimum absolute atomic E-state index is 0. The van der Waals surface area contributed by atoms with Gasteiger partial charge in [0.15, 0.2) is 5.78 Å². The number of rotatable bonds is 5. The first-order valence-corrected chi connectivity index (χ1v) is 36.1. The molecule has 6 nitrogen and oxygen atoms in total. The Labute approximate surface area is 655 Å². The minimum atomic E-state index is -0.125. The summed E-state index contributed by atoms with van der Waals surface area (Å²) < 4.78 is 0. The SMILES string of the molecule is CC(=O)C=C(C)O.CC1(C)c2c[c-]c(-c3ccccn3)cc2C(C)(C)C1(C)C.CC1(C)c2c[c-]c3c(ccc4cccnc43)c2C(C)(C)C1(C)C.Cc1cc(-c2[c-]cc3c(c2)C(C)(C)C(C)(C)C3(C)C)ncc1-c1ccccc1.[Ir].[Ir].[Ir].[c-]1ccccc1-c1nc2ccccc2c2c1C1CCC2C1. The second-order valence-corrected chi connectivity index (χ2v) is 33.8. The van der Waals surface area contributed by atoms with Gasteiger partial charge in [0.25, 0.3) is 0 Å². The number of hydrogen-bond donors (Lipinski definition) is 1. The summed E-state index contributed by atoms with van der Waals surface area (Å²) in [5.74, 6) is 1.40. The molecular formula is C94H102Ir3N4O2-4. The van der Waals surface area contributed by atoms with Crippen LogP contribution in [-0.4, -0.2) is 30.8 Å². The molecular weight excluding hydrogens is 1790 g/mol. The molecule has 9 heteroatoms. The van der Waals surface area contributed by atoms with E-state index in [1.807, 2.05) is 55.0 Å². The molecule has 2 atom stereocenters. The Bertz CT molecular complexity index is 4980. The number of aryl methyl sites for hydroxylation is 1. The van der Waals surface area contributed by atoms with Crippen molar-refractivity contribution >= 4 is 38.4 Å².